The second-order valence-electron chi connectivity index (χ2n) is 14.7. The van der Waals surface area contributed by atoms with Crippen LogP contribution in [0.4, 0.5) is 0 Å². The molecular formula is C45H38B2N6. The van der Waals surface area contributed by atoms with Crippen molar-refractivity contribution in [2.75, 3.05) is 13.1 Å². The average Bonchev–Trinajstić information content (AvgIpc) is 3.84. The summed E-state index contributed by atoms with van der Waals surface area (Å²) in [5, 5.41) is 2.34. The summed E-state index contributed by atoms with van der Waals surface area (Å²) in [4.78, 5) is 13.5. The van der Waals surface area contributed by atoms with Gasteiger partial charge in [0.05, 0.1) is 11.0 Å². The molecule has 10 rings (SSSR count). The van der Waals surface area contributed by atoms with Gasteiger partial charge in [-0.25, -0.2) is 15.0 Å². The van der Waals surface area contributed by atoms with Gasteiger partial charge in [0, 0.05) is 35.7 Å². The zero-order chi connectivity index (χ0) is 35.8. The van der Waals surface area contributed by atoms with E-state index in [2.05, 4.69) is 154 Å². The molecule has 0 amide bonds. The molecule has 2 aliphatic rings. The first-order valence-corrected chi connectivity index (χ1v) is 18.6. The van der Waals surface area contributed by atoms with Crippen LogP contribution >= 0.6 is 0 Å². The lowest BCUT2D eigenvalue weighted by atomic mass is 9.42. The molecule has 0 aliphatic heterocycles. The third-order valence-electron chi connectivity index (χ3n) is 12.1. The first-order chi connectivity index (χ1) is 26.0. The molecule has 0 saturated heterocycles. The van der Waals surface area contributed by atoms with E-state index in [9.17, 15) is 0 Å². The standard InChI is InChI=1S/C45H38B2N6/c1-46(27-11-15-35-31-7-3-5-9-33(31)41(23-48)39(35)19-27)29-13-17-37-38-18-14-30(22-44(38)53(43(37)21-29)45-51-25-50-26-52-45)47(2)28-12-16-36-32-8-4-6-10-34(32)42(24-49)40(36)20-28/h3-22,25-26,41-42H,23-24,48-49H2,1-2H3. The summed E-state index contributed by atoms with van der Waals surface area (Å²) < 4.78 is 2.20. The van der Waals surface area contributed by atoms with Gasteiger partial charge in [0.25, 0.3) is 0 Å². The molecule has 2 heterocycles. The van der Waals surface area contributed by atoms with Crippen molar-refractivity contribution in [1.29, 1.82) is 0 Å². The highest BCUT2D eigenvalue weighted by molar-refractivity contribution is 6.84. The van der Waals surface area contributed by atoms with E-state index in [0.717, 1.165) is 11.0 Å². The molecule has 0 radical (unpaired) electrons. The van der Waals surface area contributed by atoms with Gasteiger partial charge < -0.3 is 11.5 Å². The zero-order valence-electron chi connectivity index (χ0n) is 29.9. The summed E-state index contributed by atoms with van der Waals surface area (Å²) in [6.07, 6.45) is 3.15. The number of fused-ring (bicyclic) bond motifs is 9. The largest absolute Gasteiger partial charge is 0.330 e. The van der Waals surface area contributed by atoms with Crippen LogP contribution < -0.4 is 33.3 Å². The van der Waals surface area contributed by atoms with Gasteiger partial charge in [0.1, 0.15) is 12.7 Å². The quantitative estimate of drug-likeness (QED) is 0.214. The number of nitrogens with zero attached hydrogens (tertiary/aromatic N) is 4. The van der Waals surface area contributed by atoms with Gasteiger partial charge in [-0.15, -0.1) is 0 Å². The Morgan fingerprint density at radius 3 is 1.40 bits per heavy atom. The smallest absolute Gasteiger partial charge is 0.237 e. The van der Waals surface area contributed by atoms with Crippen molar-refractivity contribution in [2.24, 2.45) is 11.5 Å². The number of rotatable bonds is 7. The van der Waals surface area contributed by atoms with Gasteiger partial charge in [-0.1, -0.05) is 145 Å². The lowest BCUT2D eigenvalue weighted by molar-refractivity contribution is 0.842. The van der Waals surface area contributed by atoms with Crippen molar-refractivity contribution in [2.45, 2.75) is 25.5 Å². The normalized spacial score (nSPS) is 15.3. The van der Waals surface area contributed by atoms with Crippen LogP contribution in [0.1, 0.15) is 34.1 Å². The van der Waals surface area contributed by atoms with E-state index in [1.54, 1.807) is 12.7 Å². The van der Waals surface area contributed by atoms with E-state index in [1.165, 1.54) is 77.1 Å². The van der Waals surface area contributed by atoms with Crippen LogP contribution in [0.15, 0.2) is 134 Å². The summed E-state index contributed by atoms with van der Waals surface area (Å²) in [6.45, 7) is 6.10. The molecule has 6 aromatic carbocycles. The summed E-state index contributed by atoms with van der Waals surface area (Å²) >= 11 is 0. The highest BCUT2D eigenvalue weighted by Crippen LogP contribution is 2.45. The minimum Gasteiger partial charge on any atom is -0.330 e. The van der Waals surface area contributed by atoms with Crippen molar-refractivity contribution in [3.63, 3.8) is 0 Å². The van der Waals surface area contributed by atoms with Gasteiger partial charge in [-0.05, 0) is 56.6 Å². The van der Waals surface area contributed by atoms with Gasteiger partial charge in [-0.3, -0.25) is 4.57 Å². The second kappa shape index (κ2) is 12.4. The van der Waals surface area contributed by atoms with Gasteiger partial charge in [-0.2, -0.15) is 0 Å². The molecule has 2 aromatic heterocycles. The summed E-state index contributed by atoms with van der Waals surface area (Å²) in [5.41, 5.74) is 30.4. The number of aromatic nitrogens is 4. The van der Waals surface area contributed by atoms with Crippen molar-refractivity contribution in [1.82, 2.24) is 19.5 Å². The molecule has 0 bridgehead atoms. The van der Waals surface area contributed by atoms with Crippen LogP contribution in [0.2, 0.25) is 13.6 Å². The van der Waals surface area contributed by atoms with Crippen molar-refractivity contribution >= 4 is 57.1 Å². The molecule has 0 saturated carbocycles. The zero-order valence-corrected chi connectivity index (χ0v) is 29.9. The minimum absolute atomic E-state index is 0.163. The highest BCUT2D eigenvalue weighted by atomic mass is 15.2. The lowest BCUT2D eigenvalue weighted by Gasteiger charge is -2.15. The molecule has 2 atom stereocenters. The molecule has 4 N–H and O–H groups in total. The first kappa shape index (κ1) is 31.9. The number of benzene rings is 6. The fourth-order valence-electron chi connectivity index (χ4n) is 9.24. The van der Waals surface area contributed by atoms with Gasteiger partial charge in [0.2, 0.25) is 19.4 Å². The van der Waals surface area contributed by atoms with Crippen LogP contribution in [-0.4, -0.2) is 46.0 Å². The third kappa shape index (κ3) is 4.86. The van der Waals surface area contributed by atoms with Crippen molar-refractivity contribution in [3.05, 3.63) is 156 Å². The average molecular weight is 684 g/mol. The molecule has 53 heavy (non-hydrogen) atoms. The predicted molar refractivity (Wildman–Crippen MR) is 221 cm³/mol. The summed E-state index contributed by atoms with van der Waals surface area (Å²) in [6, 6.07) is 45.0. The van der Waals surface area contributed by atoms with E-state index < -0.39 is 0 Å². The number of hydrogen-bond donors (Lipinski definition) is 2. The fraction of sp³-hybridized carbons (Fsp3) is 0.133. The second-order valence-corrected chi connectivity index (χ2v) is 14.7. The molecule has 2 aliphatic carbocycles. The Morgan fingerprint density at radius 2 is 0.925 bits per heavy atom. The van der Waals surface area contributed by atoms with E-state index >= 15 is 0 Å². The van der Waals surface area contributed by atoms with E-state index in [-0.39, 0.29) is 25.3 Å². The van der Waals surface area contributed by atoms with E-state index in [0.29, 0.717) is 19.0 Å². The topological polar surface area (TPSA) is 95.6 Å². The SMILES string of the molecule is CB(c1ccc2c(c1)C(CN)c1ccccc1-2)c1ccc2c3ccc(B(C)c4ccc5c(c4)C(CN)c4ccccc4-5)cc3n(-c3ncncn3)c2c1. The van der Waals surface area contributed by atoms with Crippen LogP contribution in [0, 0.1) is 0 Å². The Hall–Kier alpha value is -5.82. The van der Waals surface area contributed by atoms with Crippen LogP contribution in [0.5, 0.6) is 0 Å². The monoisotopic (exact) mass is 684 g/mol. The molecule has 6 nitrogen and oxygen atoms in total. The molecular weight excluding hydrogens is 646 g/mol. The highest BCUT2D eigenvalue weighted by Gasteiger charge is 2.30. The molecule has 0 spiro atoms. The maximum atomic E-state index is 6.36. The summed E-state index contributed by atoms with van der Waals surface area (Å²) in [5.74, 6) is 1.04. The Labute approximate surface area is 310 Å². The van der Waals surface area contributed by atoms with Crippen molar-refractivity contribution < 1.29 is 0 Å². The van der Waals surface area contributed by atoms with Crippen LogP contribution in [-0.2, 0) is 0 Å². The molecule has 8 heteroatoms. The Morgan fingerprint density at radius 1 is 0.509 bits per heavy atom. The maximum absolute atomic E-state index is 6.36. The van der Waals surface area contributed by atoms with Crippen LogP contribution in [0.25, 0.3) is 50.0 Å². The Balaban J connectivity index is 1.06. The van der Waals surface area contributed by atoms with Crippen LogP contribution in [0.3, 0.4) is 0 Å². The molecule has 2 unspecified atom stereocenters. The Bertz CT molecular complexity index is 2560. The fourth-order valence-corrected chi connectivity index (χ4v) is 9.24. The summed E-state index contributed by atoms with van der Waals surface area (Å²) in [7, 11) is 0. The van der Waals surface area contributed by atoms with Gasteiger partial charge in [0.15, 0.2) is 0 Å². The lowest BCUT2D eigenvalue weighted by Crippen LogP contribution is -2.39. The predicted octanol–water partition coefficient (Wildman–Crippen LogP) is 5.59. The third-order valence-corrected chi connectivity index (χ3v) is 12.1. The molecule has 0 fully saturated rings. The van der Waals surface area contributed by atoms with E-state index in [1.807, 2.05) is 0 Å². The molecule has 254 valence electrons. The maximum Gasteiger partial charge on any atom is 0.237 e. The van der Waals surface area contributed by atoms with Gasteiger partial charge >= 0.3 is 0 Å². The Kier molecular flexibility index (Phi) is 7.46. The first-order valence-electron chi connectivity index (χ1n) is 18.6. The minimum atomic E-state index is 0.163. The van der Waals surface area contributed by atoms with Crippen molar-refractivity contribution in [3.8, 4) is 28.2 Å². The number of nitrogens with two attached hydrogens (primary N) is 2. The number of hydrogen-bond acceptors (Lipinski definition) is 5. The van der Waals surface area contributed by atoms with E-state index in [4.69, 9.17) is 11.5 Å². The molecule has 8 aromatic rings.